The minimum Gasteiger partial charge on any atom is -0.449 e. The van der Waals surface area contributed by atoms with Crippen LogP contribution in [0.1, 0.15) is 34.5 Å². The zero-order valence-electron chi connectivity index (χ0n) is 17.7. The molecule has 3 aromatic carbocycles. The largest absolute Gasteiger partial charge is 0.449 e. The van der Waals surface area contributed by atoms with Crippen LogP contribution in [0.25, 0.3) is 17.2 Å². The van der Waals surface area contributed by atoms with Crippen molar-refractivity contribution >= 4 is 12.2 Å². The number of alkyl carbamates (subject to hydrolysis) is 1. The SMILES string of the molecule is O=C(NCC=Cc1cccc(C2OCCO2)c1)OCC1c2ccccc2-c2ccccc21. The molecular weight excluding hydrogens is 402 g/mol. The van der Waals surface area contributed by atoms with Gasteiger partial charge in [0.05, 0.1) is 13.2 Å². The first-order valence-corrected chi connectivity index (χ1v) is 10.9. The lowest BCUT2D eigenvalue weighted by atomic mass is 9.98. The molecular formula is C27H25NO4. The fourth-order valence-corrected chi connectivity index (χ4v) is 4.35. The van der Waals surface area contributed by atoms with Gasteiger partial charge in [0.1, 0.15) is 6.61 Å². The molecule has 5 nitrogen and oxygen atoms in total. The second-order valence-corrected chi connectivity index (χ2v) is 7.85. The Morgan fingerprint density at radius 3 is 2.34 bits per heavy atom. The second-order valence-electron chi connectivity index (χ2n) is 7.85. The van der Waals surface area contributed by atoms with Crippen molar-refractivity contribution in [3.05, 3.63) is 101 Å². The zero-order chi connectivity index (χ0) is 21.8. The molecule has 0 bridgehead atoms. The van der Waals surface area contributed by atoms with E-state index in [0.29, 0.717) is 26.4 Å². The molecule has 1 N–H and O–H groups in total. The topological polar surface area (TPSA) is 56.8 Å². The molecule has 1 aliphatic carbocycles. The summed E-state index contributed by atoms with van der Waals surface area (Å²) in [6.45, 7) is 1.94. The quantitative estimate of drug-likeness (QED) is 0.581. The number of benzene rings is 3. The predicted octanol–water partition coefficient (Wildman–Crippen LogP) is 5.28. The Hall–Kier alpha value is -3.41. The Morgan fingerprint density at radius 1 is 0.938 bits per heavy atom. The number of rotatable bonds is 6. The van der Waals surface area contributed by atoms with Gasteiger partial charge in [-0.1, -0.05) is 78.9 Å². The summed E-state index contributed by atoms with van der Waals surface area (Å²) in [6.07, 6.45) is 3.15. The molecule has 1 amide bonds. The summed E-state index contributed by atoms with van der Waals surface area (Å²) in [4.78, 5) is 12.3. The lowest BCUT2D eigenvalue weighted by Gasteiger charge is -2.14. The van der Waals surface area contributed by atoms with Gasteiger partial charge < -0.3 is 19.5 Å². The van der Waals surface area contributed by atoms with Gasteiger partial charge in [-0.15, -0.1) is 0 Å². The first-order valence-electron chi connectivity index (χ1n) is 10.9. The molecule has 1 aliphatic heterocycles. The third-order valence-electron chi connectivity index (χ3n) is 5.82. The maximum Gasteiger partial charge on any atom is 0.407 e. The Balaban J connectivity index is 1.14. The second kappa shape index (κ2) is 9.39. The Bertz CT molecular complexity index is 1090. The number of amides is 1. The fraction of sp³-hybridized carbons (Fsp3) is 0.222. The smallest absolute Gasteiger partial charge is 0.407 e. The summed E-state index contributed by atoms with van der Waals surface area (Å²) in [5.41, 5.74) is 6.87. The van der Waals surface area contributed by atoms with Crippen LogP contribution in [-0.4, -0.2) is 32.5 Å². The van der Waals surface area contributed by atoms with Crippen molar-refractivity contribution in [1.29, 1.82) is 0 Å². The van der Waals surface area contributed by atoms with Crippen LogP contribution >= 0.6 is 0 Å². The number of carbonyl (C=O) groups excluding carboxylic acids is 1. The van der Waals surface area contributed by atoms with Gasteiger partial charge in [0.15, 0.2) is 6.29 Å². The molecule has 32 heavy (non-hydrogen) atoms. The number of nitrogens with one attached hydrogen (secondary N) is 1. The van der Waals surface area contributed by atoms with Crippen molar-refractivity contribution in [2.75, 3.05) is 26.4 Å². The minimum atomic E-state index is -0.419. The van der Waals surface area contributed by atoms with Crippen molar-refractivity contribution in [1.82, 2.24) is 5.32 Å². The molecule has 1 fully saturated rings. The molecule has 0 aromatic heterocycles. The minimum absolute atomic E-state index is 0.0615. The van der Waals surface area contributed by atoms with Gasteiger partial charge in [-0.25, -0.2) is 4.79 Å². The summed E-state index contributed by atoms with van der Waals surface area (Å²) >= 11 is 0. The van der Waals surface area contributed by atoms with Gasteiger partial charge in [0.2, 0.25) is 0 Å². The van der Waals surface area contributed by atoms with E-state index < -0.39 is 6.09 Å². The standard InChI is InChI=1S/C27H25NO4/c29-27(28-14-6-8-19-7-5-9-20(17-19)26-30-15-16-31-26)32-18-25-23-12-3-1-10-21(23)22-11-2-4-13-24(22)25/h1-13,17,25-26H,14-16,18H2,(H,28,29). The van der Waals surface area contributed by atoms with Gasteiger partial charge in [0.25, 0.3) is 0 Å². The molecule has 0 spiro atoms. The monoisotopic (exact) mass is 427 g/mol. The van der Waals surface area contributed by atoms with Crippen LogP contribution in [-0.2, 0) is 14.2 Å². The van der Waals surface area contributed by atoms with Gasteiger partial charge in [-0.2, -0.15) is 0 Å². The Labute approximate surface area is 187 Å². The van der Waals surface area contributed by atoms with Gasteiger partial charge >= 0.3 is 6.09 Å². The first kappa shape index (κ1) is 20.5. The average molecular weight is 428 g/mol. The summed E-state index contributed by atoms with van der Waals surface area (Å²) < 4.78 is 16.7. The third-order valence-corrected chi connectivity index (χ3v) is 5.82. The highest BCUT2D eigenvalue weighted by Crippen LogP contribution is 2.44. The molecule has 0 saturated carbocycles. The van der Waals surface area contributed by atoms with Gasteiger partial charge in [-0.3, -0.25) is 0 Å². The third kappa shape index (κ3) is 4.31. The number of fused-ring (bicyclic) bond motifs is 3. The molecule has 1 saturated heterocycles. The number of ether oxygens (including phenoxy) is 3. The van der Waals surface area contributed by atoms with Crippen LogP contribution in [0.5, 0.6) is 0 Å². The van der Waals surface area contributed by atoms with Crippen LogP contribution in [0.3, 0.4) is 0 Å². The van der Waals surface area contributed by atoms with Crippen molar-refractivity contribution in [3.63, 3.8) is 0 Å². The molecule has 0 atom stereocenters. The van der Waals surface area contributed by atoms with E-state index in [0.717, 1.165) is 11.1 Å². The van der Waals surface area contributed by atoms with E-state index in [1.165, 1.54) is 22.3 Å². The average Bonchev–Trinajstić information content (AvgIpc) is 3.48. The van der Waals surface area contributed by atoms with E-state index in [2.05, 4.69) is 29.6 Å². The van der Waals surface area contributed by atoms with Crippen molar-refractivity contribution < 1.29 is 19.0 Å². The predicted molar refractivity (Wildman–Crippen MR) is 123 cm³/mol. The number of hydrogen-bond acceptors (Lipinski definition) is 4. The van der Waals surface area contributed by atoms with E-state index in [1.54, 1.807) is 0 Å². The lowest BCUT2D eigenvalue weighted by molar-refractivity contribution is -0.0441. The van der Waals surface area contributed by atoms with Crippen LogP contribution in [0.4, 0.5) is 4.79 Å². The number of hydrogen-bond donors (Lipinski definition) is 1. The molecule has 2 aliphatic rings. The maximum absolute atomic E-state index is 12.3. The van der Waals surface area contributed by atoms with E-state index in [9.17, 15) is 4.79 Å². The fourth-order valence-electron chi connectivity index (χ4n) is 4.35. The highest BCUT2D eigenvalue weighted by molar-refractivity contribution is 5.79. The number of carbonyl (C=O) groups is 1. The van der Waals surface area contributed by atoms with E-state index in [4.69, 9.17) is 14.2 Å². The van der Waals surface area contributed by atoms with Gasteiger partial charge in [0, 0.05) is 18.0 Å². The van der Waals surface area contributed by atoms with E-state index >= 15 is 0 Å². The molecule has 5 rings (SSSR count). The maximum atomic E-state index is 12.3. The van der Waals surface area contributed by atoms with Crippen LogP contribution in [0.2, 0.25) is 0 Å². The Kier molecular flexibility index (Phi) is 6.01. The van der Waals surface area contributed by atoms with Crippen molar-refractivity contribution in [3.8, 4) is 11.1 Å². The van der Waals surface area contributed by atoms with Crippen molar-refractivity contribution in [2.45, 2.75) is 12.2 Å². The summed E-state index contributed by atoms with van der Waals surface area (Å²) in [7, 11) is 0. The molecule has 3 aromatic rings. The molecule has 0 unspecified atom stereocenters. The summed E-state index contributed by atoms with van der Waals surface area (Å²) in [6, 6.07) is 24.6. The molecule has 5 heteroatoms. The van der Waals surface area contributed by atoms with Crippen LogP contribution in [0, 0.1) is 0 Å². The van der Waals surface area contributed by atoms with Crippen molar-refractivity contribution in [2.24, 2.45) is 0 Å². The summed E-state index contributed by atoms with van der Waals surface area (Å²) in [5.74, 6) is 0.0615. The molecule has 1 heterocycles. The lowest BCUT2D eigenvalue weighted by Crippen LogP contribution is -2.26. The highest BCUT2D eigenvalue weighted by atomic mass is 16.7. The van der Waals surface area contributed by atoms with E-state index in [1.807, 2.05) is 60.7 Å². The van der Waals surface area contributed by atoms with E-state index in [-0.39, 0.29) is 12.2 Å². The molecule has 0 radical (unpaired) electrons. The summed E-state index contributed by atoms with van der Waals surface area (Å²) in [5, 5.41) is 2.80. The highest BCUT2D eigenvalue weighted by Gasteiger charge is 2.28. The van der Waals surface area contributed by atoms with Crippen LogP contribution < -0.4 is 5.32 Å². The van der Waals surface area contributed by atoms with Crippen LogP contribution in [0.15, 0.2) is 78.9 Å². The molecule has 162 valence electrons. The normalized spacial score (nSPS) is 15.6. The first-order chi connectivity index (χ1) is 15.8. The Morgan fingerprint density at radius 2 is 1.62 bits per heavy atom. The zero-order valence-corrected chi connectivity index (χ0v) is 17.7. The van der Waals surface area contributed by atoms with Gasteiger partial charge in [-0.05, 0) is 33.9 Å².